The lowest BCUT2D eigenvalue weighted by Gasteiger charge is -2.19. The summed E-state index contributed by atoms with van der Waals surface area (Å²) in [6, 6.07) is 14.8. The topological polar surface area (TPSA) is 59.2 Å². The van der Waals surface area contributed by atoms with E-state index in [1.165, 1.54) is 0 Å². The van der Waals surface area contributed by atoms with E-state index in [9.17, 15) is 4.79 Å². The number of hydrogen-bond acceptors (Lipinski definition) is 4. The fourth-order valence-electron chi connectivity index (χ4n) is 2.21. The fraction of sp³-hybridized carbons (Fsp3) is 0.118. The van der Waals surface area contributed by atoms with Crippen LogP contribution >= 0.6 is 0 Å². The van der Waals surface area contributed by atoms with Gasteiger partial charge >= 0.3 is 0 Å². The molecular weight excluding hydrogens is 278 g/mol. The van der Waals surface area contributed by atoms with Gasteiger partial charge in [0.2, 0.25) is 0 Å². The van der Waals surface area contributed by atoms with Crippen LogP contribution in [0.15, 0.2) is 65.4 Å². The molecule has 5 nitrogen and oxygen atoms in total. The maximum Gasteiger partial charge on any atom is 0.280 e. The highest BCUT2D eigenvalue weighted by molar-refractivity contribution is 6.05. The first-order chi connectivity index (χ1) is 10.8. The Hall–Kier alpha value is -2.95. The molecule has 0 N–H and O–H groups in total. The van der Waals surface area contributed by atoms with Gasteiger partial charge in [-0.15, -0.1) is 0 Å². The number of aromatic nitrogens is 2. The molecule has 2 aromatic heterocycles. The summed E-state index contributed by atoms with van der Waals surface area (Å²) in [5.74, 6) is 0.341. The lowest BCUT2D eigenvalue weighted by atomic mass is 10.2. The summed E-state index contributed by atoms with van der Waals surface area (Å²) >= 11 is 0. The molecule has 2 heterocycles. The summed E-state index contributed by atoms with van der Waals surface area (Å²) in [6.07, 6.45) is 3.35. The third-order valence-electron chi connectivity index (χ3n) is 3.30. The van der Waals surface area contributed by atoms with E-state index < -0.39 is 0 Å². The molecule has 3 aromatic rings. The minimum atomic E-state index is -0.187. The summed E-state index contributed by atoms with van der Waals surface area (Å²) in [6.45, 7) is 2.48. The van der Waals surface area contributed by atoms with Crippen molar-refractivity contribution in [2.75, 3.05) is 11.4 Å². The number of para-hydroxylation sites is 1. The summed E-state index contributed by atoms with van der Waals surface area (Å²) in [7, 11) is 0. The van der Waals surface area contributed by atoms with E-state index in [0.717, 1.165) is 11.3 Å². The Morgan fingerprint density at radius 2 is 2.00 bits per heavy atom. The van der Waals surface area contributed by atoms with Gasteiger partial charge in [0.1, 0.15) is 0 Å². The van der Waals surface area contributed by atoms with Crippen molar-refractivity contribution in [1.82, 2.24) is 10.1 Å². The molecule has 0 spiro atoms. The van der Waals surface area contributed by atoms with Gasteiger partial charge in [-0.1, -0.05) is 23.4 Å². The number of hydrogen-bond donors (Lipinski definition) is 0. The second-order valence-corrected chi connectivity index (χ2v) is 4.70. The molecule has 3 rings (SSSR count). The van der Waals surface area contributed by atoms with E-state index in [-0.39, 0.29) is 11.6 Å². The number of anilines is 1. The van der Waals surface area contributed by atoms with Gasteiger partial charge in [-0.25, -0.2) is 0 Å². The van der Waals surface area contributed by atoms with E-state index in [4.69, 9.17) is 4.52 Å². The van der Waals surface area contributed by atoms with E-state index in [1.54, 1.807) is 23.4 Å². The maximum absolute atomic E-state index is 12.6. The van der Waals surface area contributed by atoms with E-state index in [1.807, 2.05) is 49.4 Å². The molecule has 0 unspecified atom stereocenters. The van der Waals surface area contributed by atoms with Crippen LogP contribution in [-0.4, -0.2) is 22.6 Å². The summed E-state index contributed by atoms with van der Waals surface area (Å²) < 4.78 is 5.26. The highest BCUT2D eigenvalue weighted by Crippen LogP contribution is 2.21. The number of carbonyl (C=O) groups is 1. The highest BCUT2D eigenvalue weighted by Gasteiger charge is 2.20. The van der Waals surface area contributed by atoms with Crippen molar-refractivity contribution < 1.29 is 9.32 Å². The number of carbonyl (C=O) groups excluding carboxylic acids is 1. The van der Waals surface area contributed by atoms with Gasteiger partial charge in [0.25, 0.3) is 5.91 Å². The first-order valence-electron chi connectivity index (χ1n) is 7.03. The Balaban J connectivity index is 1.88. The van der Waals surface area contributed by atoms with Crippen molar-refractivity contribution in [2.24, 2.45) is 0 Å². The quantitative estimate of drug-likeness (QED) is 0.739. The zero-order chi connectivity index (χ0) is 15.4. The number of benzene rings is 1. The molecule has 22 heavy (non-hydrogen) atoms. The first kappa shape index (κ1) is 14.0. The Morgan fingerprint density at radius 1 is 1.18 bits per heavy atom. The fourth-order valence-corrected chi connectivity index (χ4v) is 2.21. The first-order valence-corrected chi connectivity index (χ1v) is 7.03. The number of amides is 1. The minimum absolute atomic E-state index is 0.187. The molecule has 0 aliphatic heterocycles. The van der Waals surface area contributed by atoms with Crippen molar-refractivity contribution in [1.29, 1.82) is 0 Å². The van der Waals surface area contributed by atoms with Crippen LogP contribution in [-0.2, 0) is 0 Å². The molecular formula is C17H15N3O2. The summed E-state index contributed by atoms with van der Waals surface area (Å²) in [5, 5.41) is 3.89. The number of pyridine rings is 1. The van der Waals surface area contributed by atoms with Crippen molar-refractivity contribution >= 4 is 11.6 Å². The van der Waals surface area contributed by atoms with Crippen molar-refractivity contribution in [2.45, 2.75) is 6.92 Å². The molecule has 1 aromatic carbocycles. The van der Waals surface area contributed by atoms with Gasteiger partial charge in [-0.2, -0.15) is 0 Å². The van der Waals surface area contributed by atoms with E-state index in [2.05, 4.69) is 10.1 Å². The molecule has 5 heteroatoms. The van der Waals surface area contributed by atoms with Crippen LogP contribution in [0.1, 0.15) is 17.4 Å². The average molecular weight is 293 g/mol. The van der Waals surface area contributed by atoms with Crippen LogP contribution < -0.4 is 4.90 Å². The van der Waals surface area contributed by atoms with Crippen LogP contribution in [0, 0.1) is 0 Å². The molecule has 0 aliphatic rings. The maximum atomic E-state index is 12.6. The Bertz CT molecular complexity index is 754. The van der Waals surface area contributed by atoms with Crippen molar-refractivity contribution in [3.8, 4) is 11.3 Å². The lowest BCUT2D eigenvalue weighted by molar-refractivity contribution is 0.0979. The lowest BCUT2D eigenvalue weighted by Crippen LogP contribution is -2.30. The zero-order valence-electron chi connectivity index (χ0n) is 12.1. The average Bonchev–Trinajstić information content (AvgIpc) is 3.07. The summed E-state index contributed by atoms with van der Waals surface area (Å²) in [4.78, 5) is 18.3. The van der Waals surface area contributed by atoms with Gasteiger partial charge in [0.15, 0.2) is 11.5 Å². The van der Waals surface area contributed by atoms with E-state index in [0.29, 0.717) is 12.3 Å². The van der Waals surface area contributed by atoms with Gasteiger partial charge < -0.3 is 9.42 Å². The molecule has 0 saturated carbocycles. The zero-order valence-corrected chi connectivity index (χ0v) is 12.1. The molecule has 0 bridgehead atoms. The number of rotatable bonds is 4. The monoisotopic (exact) mass is 293 g/mol. The van der Waals surface area contributed by atoms with E-state index >= 15 is 0 Å². The smallest absolute Gasteiger partial charge is 0.280 e. The molecule has 0 saturated heterocycles. The summed E-state index contributed by atoms with van der Waals surface area (Å²) in [5.41, 5.74) is 1.90. The standard InChI is InChI=1S/C17H15N3O2/c1-2-20(14-8-4-3-5-9-14)17(21)15-11-16(22-19-15)13-7-6-10-18-12-13/h3-12H,2H2,1H3. The van der Waals surface area contributed by atoms with Crippen LogP contribution in [0.3, 0.4) is 0 Å². The molecule has 0 radical (unpaired) electrons. The third kappa shape index (κ3) is 2.74. The molecule has 1 amide bonds. The SMILES string of the molecule is CCN(C(=O)c1cc(-c2cccnc2)on1)c1ccccc1. The van der Waals surface area contributed by atoms with Gasteiger partial charge in [0, 0.05) is 36.3 Å². The predicted molar refractivity (Wildman–Crippen MR) is 83.5 cm³/mol. The highest BCUT2D eigenvalue weighted by atomic mass is 16.5. The molecule has 0 fully saturated rings. The van der Waals surface area contributed by atoms with Gasteiger partial charge in [0.05, 0.1) is 0 Å². The third-order valence-corrected chi connectivity index (χ3v) is 3.30. The van der Waals surface area contributed by atoms with Crippen LogP contribution in [0.4, 0.5) is 5.69 Å². The molecule has 110 valence electrons. The second kappa shape index (κ2) is 6.22. The normalized spacial score (nSPS) is 10.4. The molecule has 0 aliphatic carbocycles. The van der Waals surface area contributed by atoms with Crippen LogP contribution in [0.5, 0.6) is 0 Å². The Kier molecular flexibility index (Phi) is 3.96. The predicted octanol–water partition coefficient (Wildman–Crippen LogP) is 3.40. The number of nitrogens with zero attached hydrogens (tertiary/aromatic N) is 3. The van der Waals surface area contributed by atoms with Gasteiger partial charge in [-0.3, -0.25) is 9.78 Å². The van der Waals surface area contributed by atoms with Crippen molar-refractivity contribution in [3.63, 3.8) is 0 Å². The Labute approximate surface area is 128 Å². The minimum Gasteiger partial charge on any atom is -0.355 e. The Morgan fingerprint density at radius 3 is 2.68 bits per heavy atom. The van der Waals surface area contributed by atoms with Crippen LogP contribution in [0.25, 0.3) is 11.3 Å². The largest absolute Gasteiger partial charge is 0.355 e. The van der Waals surface area contributed by atoms with Crippen LogP contribution in [0.2, 0.25) is 0 Å². The van der Waals surface area contributed by atoms with Gasteiger partial charge in [-0.05, 0) is 31.2 Å². The van der Waals surface area contributed by atoms with Crippen molar-refractivity contribution in [3.05, 3.63) is 66.6 Å². The second-order valence-electron chi connectivity index (χ2n) is 4.70. The molecule has 0 atom stereocenters.